The number of hydrogen-bond donors (Lipinski definition) is 2. The number of nitrogens with one attached hydrogen (secondary N) is 2. The van der Waals surface area contributed by atoms with Crippen molar-refractivity contribution in [3.8, 4) is 11.3 Å². The molecule has 2 aromatic heterocycles. The summed E-state index contributed by atoms with van der Waals surface area (Å²) in [6.07, 6.45) is 1.93. The van der Waals surface area contributed by atoms with E-state index in [9.17, 15) is 4.79 Å². The van der Waals surface area contributed by atoms with Gasteiger partial charge in [-0.15, -0.1) is 5.10 Å². The van der Waals surface area contributed by atoms with Crippen LogP contribution in [0.15, 0.2) is 42.5 Å². The van der Waals surface area contributed by atoms with E-state index in [-0.39, 0.29) is 11.8 Å². The molecule has 0 unspecified atom stereocenters. The van der Waals surface area contributed by atoms with Crippen LogP contribution >= 0.6 is 0 Å². The topological polar surface area (TPSA) is 74.6 Å². The Balaban J connectivity index is 1.37. The van der Waals surface area contributed by atoms with Gasteiger partial charge in [-0.1, -0.05) is 30.3 Å². The number of fused-ring (bicyclic) bond motifs is 1. The van der Waals surface area contributed by atoms with Crippen LogP contribution in [0.5, 0.6) is 0 Å². The second-order valence-electron chi connectivity index (χ2n) is 7.60. The first-order valence-electron chi connectivity index (χ1n) is 9.95. The third-order valence-corrected chi connectivity index (χ3v) is 5.41. The van der Waals surface area contributed by atoms with Gasteiger partial charge in [0.25, 0.3) is 0 Å². The average Bonchev–Trinajstić information content (AvgIpc) is 3.49. The van der Waals surface area contributed by atoms with Gasteiger partial charge in [0.05, 0.1) is 5.69 Å². The second-order valence-corrected chi connectivity index (χ2v) is 7.60. The molecule has 2 fully saturated rings. The minimum Gasteiger partial charge on any atom is -0.314 e. The number of benzene rings is 1. The van der Waals surface area contributed by atoms with Crippen molar-refractivity contribution in [1.82, 2.24) is 24.8 Å². The van der Waals surface area contributed by atoms with E-state index < -0.39 is 0 Å². The van der Waals surface area contributed by atoms with E-state index in [0.717, 1.165) is 62.5 Å². The van der Waals surface area contributed by atoms with Gasteiger partial charge >= 0.3 is 0 Å². The number of amides is 1. The monoisotopic (exact) mass is 376 g/mol. The normalized spacial score (nSPS) is 17.7. The second kappa shape index (κ2) is 7.33. The smallest absolute Gasteiger partial charge is 0.249 e. The van der Waals surface area contributed by atoms with Gasteiger partial charge in [0.15, 0.2) is 5.65 Å². The number of anilines is 1. The van der Waals surface area contributed by atoms with E-state index in [1.54, 1.807) is 4.52 Å². The summed E-state index contributed by atoms with van der Waals surface area (Å²) in [4.78, 5) is 18.9. The highest BCUT2D eigenvalue weighted by Gasteiger charge is 2.30. The number of nitrogens with zero attached hydrogens (tertiary/aromatic N) is 4. The van der Waals surface area contributed by atoms with Crippen LogP contribution in [-0.2, 0) is 11.3 Å². The van der Waals surface area contributed by atoms with Crippen molar-refractivity contribution in [2.24, 2.45) is 5.92 Å². The summed E-state index contributed by atoms with van der Waals surface area (Å²) >= 11 is 0. The molecule has 1 aliphatic carbocycles. The molecule has 7 heteroatoms. The van der Waals surface area contributed by atoms with Gasteiger partial charge in [0.1, 0.15) is 0 Å². The summed E-state index contributed by atoms with van der Waals surface area (Å²) in [5, 5.41) is 10.7. The molecule has 3 heterocycles. The minimum absolute atomic E-state index is 0.0229. The zero-order chi connectivity index (χ0) is 18.9. The van der Waals surface area contributed by atoms with Crippen molar-refractivity contribution in [3.05, 3.63) is 48.0 Å². The number of hydrogen-bond acceptors (Lipinski definition) is 5. The fourth-order valence-electron chi connectivity index (χ4n) is 3.64. The third-order valence-electron chi connectivity index (χ3n) is 5.41. The van der Waals surface area contributed by atoms with Crippen LogP contribution in [0.2, 0.25) is 0 Å². The van der Waals surface area contributed by atoms with Gasteiger partial charge < -0.3 is 5.32 Å². The zero-order valence-electron chi connectivity index (χ0n) is 15.8. The SMILES string of the molecule is O=C(Nc1nc2cccc(-c3ccc(CN4CCNCC4)cc3)n2n1)C1CC1. The van der Waals surface area contributed by atoms with E-state index in [4.69, 9.17) is 0 Å². The molecule has 1 aromatic carbocycles. The molecule has 5 rings (SSSR count). The highest BCUT2D eigenvalue weighted by atomic mass is 16.2. The first kappa shape index (κ1) is 17.3. The molecule has 1 saturated carbocycles. The molecular formula is C21H24N6O. The van der Waals surface area contributed by atoms with Crippen LogP contribution in [0.3, 0.4) is 0 Å². The highest BCUT2D eigenvalue weighted by Crippen LogP contribution is 2.30. The minimum atomic E-state index is 0.0229. The van der Waals surface area contributed by atoms with Crippen LogP contribution in [-0.4, -0.2) is 51.6 Å². The molecule has 0 bridgehead atoms. The average molecular weight is 376 g/mol. The Morgan fingerprint density at radius 3 is 2.64 bits per heavy atom. The zero-order valence-corrected chi connectivity index (χ0v) is 15.8. The quantitative estimate of drug-likeness (QED) is 0.714. The van der Waals surface area contributed by atoms with Crippen molar-refractivity contribution in [2.45, 2.75) is 19.4 Å². The molecule has 1 saturated heterocycles. The van der Waals surface area contributed by atoms with E-state index in [1.165, 1.54) is 5.56 Å². The molecule has 0 radical (unpaired) electrons. The molecule has 0 atom stereocenters. The van der Waals surface area contributed by atoms with Crippen molar-refractivity contribution in [1.29, 1.82) is 0 Å². The largest absolute Gasteiger partial charge is 0.314 e. The van der Waals surface area contributed by atoms with Crippen molar-refractivity contribution in [2.75, 3.05) is 31.5 Å². The van der Waals surface area contributed by atoms with Gasteiger partial charge in [0.2, 0.25) is 11.9 Å². The summed E-state index contributed by atoms with van der Waals surface area (Å²) in [7, 11) is 0. The predicted octanol–water partition coefficient (Wildman–Crippen LogP) is 2.15. The highest BCUT2D eigenvalue weighted by molar-refractivity contribution is 5.92. The molecule has 144 valence electrons. The summed E-state index contributed by atoms with van der Waals surface area (Å²) in [6.45, 7) is 5.29. The van der Waals surface area contributed by atoms with Crippen LogP contribution < -0.4 is 10.6 Å². The number of piperazine rings is 1. The number of carbonyl (C=O) groups excluding carboxylic acids is 1. The molecule has 3 aromatic rings. The number of pyridine rings is 1. The third kappa shape index (κ3) is 3.63. The van der Waals surface area contributed by atoms with E-state index in [2.05, 4.69) is 49.9 Å². The Morgan fingerprint density at radius 1 is 1.11 bits per heavy atom. The summed E-state index contributed by atoms with van der Waals surface area (Å²) in [6, 6.07) is 14.5. The molecule has 0 spiro atoms. The summed E-state index contributed by atoms with van der Waals surface area (Å²) in [5.74, 6) is 0.531. The number of rotatable bonds is 5. The molecule has 1 amide bonds. The Labute approximate surface area is 163 Å². The first-order chi connectivity index (χ1) is 13.8. The fourth-order valence-corrected chi connectivity index (χ4v) is 3.64. The fraction of sp³-hybridized carbons (Fsp3) is 0.381. The Morgan fingerprint density at radius 2 is 1.89 bits per heavy atom. The van der Waals surface area contributed by atoms with Gasteiger partial charge in [-0.05, 0) is 30.5 Å². The lowest BCUT2D eigenvalue weighted by Crippen LogP contribution is -2.42. The van der Waals surface area contributed by atoms with Crippen molar-refractivity contribution in [3.63, 3.8) is 0 Å². The van der Waals surface area contributed by atoms with Gasteiger partial charge in [-0.2, -0.15) is 4.98 Å². The van der Waals surface area contributed by atoms with E-state index in [0.29, 0.717) is 5.95 Å². The molecule has 2 aliphatic rings. The van der Waals surface area contributed by atoms with Gasteiger partial charge in [0, 0.05) is 44.2 Å². The Kier molecular flexibility index (Phi) is 4.54. The Hall–Kier alpha value is -2.77. The van der Waals surface area contributed by atoms with Crippen LogP contribution in [0.1, 0.15) is 18.4 Å². The number of aromatic nitrogens is 3. The Bertz CT molecular complexity index is 986. The van der Waals surface area contributed by atoms with Crippen LogP contribution in [0, 0.1) is 5.92 Å². The van der Waals surface area contributed by atoms with Crippen molar-refractivity contribution >= 4 is 17.5 Å². The summed E-state index contributed by atoms with van der Waals surface area (Å²) < 4.78 is 1.80. The lowest BCUT2D eigenvalue weighted by atomic mass is 10.1. The van der Waals surface area contributed by atoms with Gasteiger partial charge in [-0.3, -0.25) is 15.0 Å². The van der Waals surface area contributed by atoms with Crippen LogP contribution in [0.25, 0.3) is 16.9 Å². The lowest BCUT2D eigenvalue weighted by molar-refractivity contribution is -0.117. The molecule has 1 aliphatic heterocycles. The van der Waals surface area contributed by atoms with Crippen LogP contribution in [0.4, 0.5) is 5.95 Å². The maximum absolute atomic E-state index is 12.0. The molecule has 7 nitrogen and oxygen atoms in total. The van der Waals surface area contributed by atoms with E-state index >= 15 is 0 Å². The van der Waals surface area contributed by atoms with Crippen molar-refractivity contribution < 1.29 is 4.79 Å². The van der Waals surface area contributed by atoms with E-state index in [1.807, 2.05) is 18.2 Å². The maximum Gasteiger partial charge on any atom is 0.249 e. The number of carbonyl (C=O) groups is 1. The molecule has 2 N–H and O–H groups in total. The molecule has 28 heavy (non-hydrogen) atoms. The predicted molar refractivity (Wildman–Crippen MR) is 108 cm³/mol. The maximum atomic E-state index is 12.0. The standard InChI is InChI=1S/C21H24N6O/c28-20(17-8-9-17)24-21-23-19-3-1-2-18(27(19)25-21)16-6-4-15(5-7-16)14-26-12-10-22-11-13-26/h1-7,17,22H,8-14H2,(H,24,25,28). The lowest BCUT2D eigenvalue weighted by Gasteiger charge is -2.27. The summed E-state index contributed by atoms with van der Waals surface area (Å²) in [5.41, 5.74) is 4.09. The molecular weight excluding hydrogens is 352 g/mol. The van der Waals surface area contributed by atoms with Gasteiger partial charge in [-0.25, -0.2) is 4.52 Å². The first-order valence-corrected chi connectivity index (χ1v) is 9.95.